The third kappa shape index (κ3) is 3.81. The van der Waals surface area contributed by atoms with E-state index in [4.69, 9.17) is 0 Å². The molecule has 0 heterocycles. The lowest BCUT2D eigenvalue weighted by molar-refractivity contribution is -0.384. The van der Waals surface area contributed by atoms with Crippen molar-refractivity contribution < 1.29 is 14.8 Å². The first kappa shape index (κ1) is 17.3. The zero-order chi connectivity index (χ0) is 17.9. The van der Waals surface area contributed by atoms with Gasteiger partial charge in [-0.2, -0.15) is 0 Å². The van der Waals surface area contributed by atoms with Gasteiger partial charge in [-0.25, -0.2) is 4.79 Å². The maximum absolute atomic E-state index is 12.2. The molecule has 0 bridgehead atoms. The first-order valence-electron chi connectivity index (χ1n) is 7.44. The fourth-order valence-corrected chi connectivity index (χ4v) is 2.35. The molecule has 2 rings (SSSR count). The van der Waals surface area contributed by atoms with Gasteiger partial charge in [0.1, 0.15) is 5.75 Å². The normalized spacial score (nSPS) is 10.5. The molecule has 3 N–H and O–H groups in total. The molecule has 0 radical (unpaired) electrons. The Morgan fingerprint density at radius 3 is 2.50 bits per heavy atom. The third-order valence-electron chi connectivity index (χ3n) is 3.61. The highest BCUT2D eigenvalue weighted by molar-refractivity contribution is 6.01. The minimum Gasteiger partial charge on any atom is -0.506 e. The first-order chi connectivity index (χ1) is 11.3. The van der Waals surface area contributed by atoms with E-state index in [0.29, 0.717) is 5.69 Å². The second kappa shape index (κ2) is 6.99. The van der Waals surface area contributed by atoms with Crippen molar-refractivity contribution in [1.29, 1.82) is 0 Å². The molecule has 126 valence electrons. The Morgan fingerprint density at radius 2 is 1.92 bits per heavy atom. The maximum Gasteiger partial charge on any atom is 0.323 e. The fraction of sp³-hybridized carbons (Fsp3) is 0.235. The number of hydrogen-bond acceptors (Lipinski definition) is 4. The third-order valence-corrected chi connectivity index (χ3v) is 3.61. The standard InChI is InChI=1S/C17H19N3O4/c1-10(2)13-6-4-5-11(3)16(13)19-17(22)18-14-8-7-12(20(23)24)9-15(14)21/h4-10,21H,1-3H3,(H2,18,19,22). The molecule has 0 fully saturated rings. The number of aromatic hydroxyl groups is 1. The van der Waals surface area contributed by atoms with Crippen molar-refractivity contribution in [2.75, 3.05) is 10.6 Å². The summed E-state index contributed by atoms with van der Waals surface area (Å²) in [5, 5.41) is 25.7. The SMILES string of the molecule is Cc1cccc(C(C)C)c1NC(=O)Nc1ccc([N+](=O)[O-])cc1O. The van der Waals surface area contributed by atoms with Crippen molar-refractivity contribution in [2.24, 2.45) is 0 Å². The number of nitro groups is 1. The molecule has 0 aliphatic rings. The van der Waals surface area contributed by atoms with Gasteiger partial charge in [0.15, 0.2) is 0 Å². The van der Waals surface area contributed by atoms with Crippen molar-refractivity contribution in [3.05, 3.63) is 57.6 Å². The molecule has 0 aliphatic carbocycles. The number of anilines is 2. The van der Waals surface area contributed by atoms with Gasteiger partial charge in [-0.1, -0.05) is 32.0 Å². The predicted octanol–water partition coefficient (Wildman–Crippen LogP) is 4.38. The second-order valence-electron chi connectivity index (χ2n) is 5.73. The van der Waals surface area contributed by atoms with Gasteiger partial charge >= 0.3 is 6.03 Å². The van der Waals surface area contributed by atoms with Gasteiger partial charge in [0.2, 0.25) is 0 Å². The highest BCUT2D eigenvalue weighted by Gasteiger charge is 2.15. The van der Waals surface area contributed by atoms with Crippen LogP contribution in [0.3, 0.4) is 0 Å². The number of nitro benzene ring substituents is 1. The molecule has 0 saturated heterocycles. The van der Waals surface area contributed by atoms with Gasteiger partial charge in [-0.15, -0.1) is 0 Å². The lowest BCUT2D eigenvalue weighted by Crippen LogP contribution is -2.21. The van der Waals surface area contributed by atoms with Gasteiger partial charge in [-0.3, -0.25) is 10.1 Å². The number of rotatable bonds is 4. The van der Waals surface area contributed by atoms with E-state index in [2.05, 4.69) is 10.6 Å². The molecule has 0 unspecified atom stereocenters. The summed E-state index contributed by atoms with van der Waals surface area (Å²) >= 11 is 0. The quantitative estimate of drug-likeness (QED) is 0.440. The number of aryl methyl sites for hydroxylation is 1. The summed E-state index contributed by atoms with van der Waals surface area (Å²) in [6, 6.07) is 8.72. The molecule has 0 atom stereocenters. The number of phenols is 1. The van der Waals surface area contributed by atoms with Crippen LogP contribution in [-0.2, 0) is 0 Å². The molecule has 2 amide bonds. The Labute approximate surface area is 139 Å². The number of phenolic OH excluding ortho intramolecular Hbond substituents is 1. The van der Waals surface area contributed by atoms with Crippen LogP contribution in [0.2, 0.25) is 0 Å². The lowest BCUT2D eigenvalue weighted by Gasteiger charge is -2.17. The van der Waals surface area contributed by atoms with E-state index >= 15 is 0 Å². The molecule has 24 heavy (non-hydrogen) atoms. The molecule has 0 aliphatic heterocycles. The first-order valence-corrected chi connectivity index (χ1v) is 7.44. The number of hydrogen-bond donors (Lipinski definition) is 3. The average Bonchev–Trinajstić information content (AvgIpc) is 2.50. The van der Waals surface area contributed by atoms with Crippen molar-refractivity contribution in [2.45, 2.75) is 26.7 Å². The van der Waals surface area contributed by atoms with Crippen LogP contribution in [0.15, 0.2) is 36.4 Å². The number of non-ortho nitro benzene ring substituents is 1. The minimum absolute atomic E-state index is 0.0952. The smallest absolute Gasteiger partial charge is 0.323 e. The van der Waals surface area contributed by atoms with Gasteiger partial charge in [-0.05, 0) is 30.0 Å². The summed E-state index contributed by atoms with van der Waals surface area (Å²) in [5.41, 5.74) is 2.48. The van der Waals surface area contributed by atoms with Gasteiger partial charge in [0.05, 0.1) is 16.7 Å². The number of carbonyl (C=O) groups excluding carboxylic acids is 1. The van der Waals surface area contributed by atoms with E-state index in [1.165, 1.54) is 12.1 Å². The van der Waals surface area contributed by atoms with Crippen LogP contribution in [0.5, 0.6) is 5.75 Å². The number of para-hydroxylation sites is 1. The highest BCUT2D eigenvalue weighted by Crippen LogP contribution is 2.30. The average molecular weight is 329 g/mol. The topological polar surface area (TPSA) is 104 Å². The van der Waals surface area contributed by atoms with Crippen LogP contribution in [0, 0.1) is 17.0 Å². The van der Waals surface area contributed by atoms with E-state index in [1.54, 1.807) is 0 Å². The number of amides is 2. The number of nitrogens with one attached hydrogen (secondary N) is 2. The Morgan fingerprint density at radius 1 is 1.21 bits per heavy atom. The van der Waals surface area contributed by atoms with Crippen molar-refractivity contribution in [3.8, 4) is 5.75 Å². The molecule has 7 nitrogen and oxygen atoms in total. The predicted molar refractivity (Wildman–Crippen MR) is 92.7 cm³/mol. The van der Waals surface area contributed by atoms with E-state index in [0.717, 1.165) is 17.2 Å². The van der Waals surface area contributed by atoms with Crippen LogP contribution >= 0.6 is 0 Å². The van der Waals surface area contributed by atoms with Crippen LogP contribution in [-0.4, -0.2) is 16.1 Å². The van der Waals surface area contributed by atoms with Gasteiger partial charge in [0, 0.05) is 11.8 Å². The molecule has 7 heteroatoms. The summed E-state index contributed by atoms with van der Waals surface area (Å²) in [6.45, 7) is 5.95. The van der Waals surface area contributed by atoms with Gasteiger partial charge < -0.3 is 15.7 Å². The maximum atomic E-state index is 12.2. The molecular weight excluding hydrogens is 310 g/mol. The highest BCUT2D eigenvalue weighted by atomic mass is 16.6. The van der Waals surface area contributed by atoms with Crippen LogP contribution < -0.4 is 10.6 Å². The van der Waals surface area contributed by atoms with E-state index in [1.807, 2.05) is 39.0 Å². The second-order valence-corrected chi connectivity index (χ2v) is 5.73. The molecular formula is C17H19N3O4. The number of urea groups is 1. The molecule has 2 aromatic carbocycles. The molecule has 0 saturated carbocycles. The van der Waals surface area contributed by atoms with E-state index in [-0.39, 0.29) is 23.0 Å². The Kier molecular flexibility index (Phi) is 5.03. The van der Waals surface area contributed by atoms with Crippen molar-refractivity contribution in [3.63, 3.8) is 0 Å². The molecule has 0 aromatic heterocycles. The number of carbonyl (C=O) groups is 1. The van der Waals surface area contributed by atoms with Gasteiger partial charge in [0.25, 0.3) is 5.69 Å². The Hall–Kier alpha value is -3.09. The zero-order valence-corrected chi connectivity index (χ0v) is 13.7. The summed E-state index contributed by atoms with van der Waals surface area (Å²) < 4.78 is 0. The Bertz CT molecular complexity index is 787. The van der Waals surface area contributed by atoms with E-state index in [9.17, 15) is 20.0 Å². The summed E-state index contributed by atoms with van der Waals surface area (Å²) in [6.07, 6.45) is 0. The number of nitrogens with zero attached hydrogens (tertiary/aromatic N) is 1. The summed E-state index contributed by atoms with van der Waals surface area (Å²) in [4.78, 5) is 22.3. The Balaban J connectivity index is 2.19. The van der Waals surface area contributed by atoms with Crippen LogP contribution in [0.1, 0.15) is 30.9 Å². The largest absolute Gasteiger partial charge is 0.506 e. The van der Waals surface area contributed by atoms with E-state index < -0.39 is 11.0 Å². The minimum atomic E-state index is -0.619. The monoisotopic (exact) mass is 329 g/mol. The molecule has 0 spiro atoms. The fourth-order valence-electron chi connectivity index (χ4n) is 2.35. The lowest BCUT2D eigenvalue weighted by atomic mass is 9.98. The van der Waals surface area contributed by atoms with Crippen molar-refractivity contribution >= 4 is 23.1 Å². The summed E-state index contributed by atoms with van der Waals surface area (Å²) in [5.74, 6) is -0.138. The van der Waals surface area contributed by atoms with Crippen LogP contribution in [0.25, 0.3) is 0 Å². The number of benzene rings is 2. The zero-order valence-electron chi connectivity index (χ0n) is 13.7. The van der Waals surface area contributed by atoms with Crippen molar-refractivity contribution in [1.82, 2.24) is 0 Å². The van der Waals surface area contributed by atoms with Crippen LogP contribution in [0.4, 0.5) is 21.9 Å². The summed E-state index contributed by atoms with van der Waals surface area (Å²) in [7, 11) is 0. The molecule has 2 aromatic rings.